The van der Waals surface area contributed by atoms with Crippen molar-refractivity contribution in [2.45, 2.75) is 44.2 Å². The first-order valence-electron chi connectivity index (χ1n) is 7.59. The number of halogens is 2. The van der Waals surface area contributed by atoms with Crippen molar-refractivity contribution in [3.05, 3.63) is 34.1 Å². The molecule has 1 saturated carbocycles. The van der Waals surface area contributed by atoms with E-state index in [0.717, 1.165) is 36.2 Å². The van der Waals surface area contributed by atoms with Gasteiger partial charge in [0.1, 0.15) is 5.82 Å². The summed E-state index contributed by atoms with van der Waals surface area (Å²) in [7, 11) is 0. The quantitative estimate of drug-likeness (QED) is 0.883. The molecule has 4 heteroatoms. The van der Waals surface area contributed by atoms with Crippen molar-refractivity contribution >= 4 is 15.9 Å². The molecule has 1 spiro atoms. The molecule has 1 aliphatic carbocycles. The van der Waals surface area contributed by atoms with Gasteiger partial charge in [0.25, 0.3) is 0 Å². The maximum atomic E-state index is 13.6. The Morgan fingerprint density at radius 1 is 1.20 bits per heavy atom. The molecule has 0 bridgehead atoms. The van der Waals surface area contributed by atoms with Crippen molar-refractivity contribution in [3.63, 3.8) is 0 Å². The van der Waals surface area contributed by atoms with Crippen LogP contribution in [-0.2, 0) is 6.54 Å². The van der Waals surface area contributed by atoms with E-state index in [1.54, 1.807) is 6.07 Å². The predicted molar refractivity (Wildman–Crippen MR) is 83.2 cm³/mol. The van der Waals surface area contributed by atoms with Crippen LogP contribution in [0.2, 0.25) is 0 Å². The lowest BCUT2D eigenvalue weighted by Gasteiger charge is -2.50. The third-order valence-electron chi connectivity index (χ3n) is 4.76. The Morgan fingerprint density at radius 3 is 2.75 bits per heavy atom. The van der Waals surface area contributed by atoms with Gasteiger partial charge in [0, 0.05) is 36.2 Å². The molecule has 110 valence electrons. The van der Waals surface area contributed by atoms with Gasteiger partial charge in [0.05, 0.1) is 0 Å². The second kappa shape index (κ2) is 6.12. The molecule has 2 fully saturated rings. The fourth-order valence-electron chi connectivity index (χ4n) is 3.76. The monoisotopic (exact) mass is 340 g/mol. The first-order valence-corrected chi connectivity index (χ1v) is 8.38. The second-order valence-electron chi connectivity index (χ2n) is 6.16. The van der Waals surface area contributed by atoms with Gasteiger partial charge in [-0.25, -0.2) is 4.39 Å². The van der Waals surface area contributed by atoms with Crippen LogP contribution < -0.4 is 5.32 Å². The van der Waals surface area contributed by atoms with Crippen LogP contribution in [0.4, 0.5) is 4.39 Å². The normalized spacial score (nSPS) is 23.1. The van der Waals surface area contributed by atoms with E-state index >= 15 is 0 Å². The third kappa shape index (κ3) is 3.07. The van der Waals surface area contributed by atoms with Crippen molar-refractivity contribution in [2.75, 3.05) is 19.6 Å². The number of piperazine rings is 1. The molecule has 1 aliphatic heterocycles. The van der Waals surface area contributed by atoms with Crippen molar-refractivity contribution in [3.8, 4) is 0 Å². The van der Waals surface area contributed by atoms with Gasteiger partial charge >= 0.3 is 0 Å². The summed E-state index contributed by atoms with van der Waals surface area (Å²) in [4.78, 5) is 2.59. The molecule has 3 rings (SSSR count). The highest BCUT2D eigenvalue weighted by Crippen LogP contribution is 2.35. The van der Waals surface area contributed by atoms with Crippen LogP contribution in [0, 0.1) is 5.82 Å². The Balaban J connectivity index is 1.79. The fraction of sp³-hybridized carbons (Fsp3) is 0.625. The molecule has 2 nitrogen and oxygen atoms in total. The van der Waals surface area contributed by atoms with E-state index in [0.29, 0.717) is 5.54 Å². The maximum Gasteiger partial charge on any atom is 0.124 e. The van der Waals surface area contributed by atoms with Gasteiger partial charge in [-0.3, -0.25) is 4.90 Å². The second-order valence-corrected chi connectivity index (χ2v) is 7.08. The van der Waals surface area contributed by atoms with Crippen LogP contribution in [0.25, 0.3) is 0 Å². The molecular formula is C16H22BrFN2. The van der Waals surface area contributed by atoms with E-state index in [9.17, 15) is 4.39 Å². The number of rotatable bonds is 2. The van der Waals surface area contributed by atoms with E-state index in [2.05, 4.69) is 26.1 Å². The smallest absolute Gasteiger partial charge is 0.124 e. The zero-order valence-corrected chi connectivity index (χ0v) is 13.4. The fourth-order valence-corrected chi connectivity index (χ4v) is 4.27. The maximum absolute atomic E-state index is 13.6. The first kappa shape index (κ1) is 14.5. The summed E-state index contributed by atoms with van der Waals surface area (Å²) in [5.41, 5.74) is 1.37. The summed E-state index contributed by atoms with van der Waals surface area (Å²) >= 11 is 3.39. The third-order valence-corrected chi connectivity index (χ3v) is 5.22. The molecule has 1 heterocycles. The lowest BCUT2D eigenvalue weighted by molar-refractivity contribution is 0.0208. The van der Waals surface area contributed by atoms with Crippen molar-refractivity contribution in [1.29, 1.82) is 0 Å². The Bertz CT molecular complexity index is 443. The molecule has 1 saturated heterocycles. The Morgan fingerprint density at radius 2 is 2.00 bits per heavy atom. The van der Waals surface area contributed by atoms with Crippen LogP contribution in [0.1, 0.15) is 37.7 Å². The highest BCUT2D eigenvalue weighted by molar-refractivity contribution is 9.10. The van der Waals surface area contributed by atoms with Crippen molar-refractivity contribution in [1.82, 2.24) is 10.2 Å². The summed E-state index contributed by atoms with van der Waals surface area (Å²) in [5.74, 6) is -0.151. The van der Waals surface area contributed by atoms with Gasteiger partial charge < -0.3 is 5.32 Å². The van der Waals surface area contributed by atoms with E-state index in [1.807, 2.05) is 6.07 Å². The van der Waals surface area contributed by atoms with Gasteiger partial charge in [-0.2, -0.15) is 0 Å². The highest BCUT2D eigenvalue weighted by atomic mass is 79.9. The van der Waals surface area contributed by atoms with E-state index in [1.165, 1.54) is 38.2 Å². The van der Waals surface area contributed by atoms with E-state index in [4.69, 9.17) is 0 Å². The lowest BCUT2D eigenvalue weighted by atomic mass is 9.79. The molecule has 0 aromatic heterocycles. The minimum absolute atomic E-state index is 0.151. The van der Waals surface area contributed by atoms with E-state index < -0.39 is 0 Å². The molecule has 2 aliphatic rings. The summed E-state index contributed by atoms with van der Waals surface area (Å²) in [6.07, 6.45) is 6.56. The largest absolute Gasteiger partial charge is 0.314 e. The standard InChI is InChI=1S/C16H22BrFN2/c17-14-8-13(9-15(18)10-14)11-20-7-6-19-12-16(20)4-2-1-3-5-16/h8-10,19H,1-7,11-12H2. The van der Waals surface area contributed by atoms with Crippen molar-refractivity contribution < 1.29 is 4.39 Å². The topological polar surface area (TPSA) is 15.3 Å². The SMILES string of the molecule is Fc1cc(Br)cc(CN2CCNCC23CCCCC3)c1. The average molecular weight is 341 g/mol. The molecule has 0 unspecified atom stereocenters. The molecular weight excluding hydrogens is 319 g/mol. The van der Waals surface area contributed by atoms with Crippen LogP contribution in [-0.4, -0.2) is 30.1 Å². The van der Waals surface area contributed by atoms with Gasteiger partial charge in [-0.1, -0.05) is 35.2 Å². The number of nitrogens with zero attached hydrogens (tertiary/aromatic N) is 1. The van der Waals surface area contributed by atoms with E-state index in [-0.39, 0.29) is 5.82 Å². The summed E-state index contributed by atoms with van der Waals surface area (Å²) < 4.78 is 14.4. The predicted octanol–water partition coefficient (Wildman–Crippen LogP) is 3.70. The summed E-state index contributed by atoms with van der Waals surface area (Å²) in [5, 5.41) is 3.56. The molecule has 1 aromatic carbocycles. The van der Waals surface area contributed by atoms with Crippen LogP contribution >= 0.6 is 15.9 Å². The summed E-state index contributed by atoms with van der Waals surface area (Å²) in [6.45, 7) is 4.05. The zero-order valence-electron chi connectivity index (χ0n) is 11.8. The minimum atomic E-state index is -0.151. The van der Waals surface area contributed by atoms with Gasteiger partial charge in [0.15, 0.2) is 0 Å². The average Bonchev–Trinajstić information content (AvgIpc) is 2.41. The van der Waals surface area contributed by atoms with Gasteiger partial charge in [-0.15, -0.1) is 0 Å². The van der Waals surface area contributed by atoms with Crippen molar-refractivity contribution in [2.24, 2.45) is 0 Å². The van der Waals surface area contributed by atoms with Gasteiger partial charge in [0.2, 0.25) is 0 Å². The molecule has 0 atom stereocenters. The van der Waals surface area contributed by atoms with Crippen LogP contribution in [0.3, 0.4) is 0 Å². The highest BCUT2D eigenvalue weighted by Gasteiger charge is 2.39. The molecule has 0 radical (unpaired) electrons. The first-order chi connectivity index (χ1) is 9.68. The zero-order chi connectivity index (χ0) is 14.0. The van der Waals surface area contributed by atoms with Crippen LogP contribution in [0.5, 0.6) is 0 Å². The molecule has 0 amide bonds. The number of nitrogens with one attached hydrogen (secondary N) is 1. The minimum Gasteiger partial charge on any atom is -0.314 e. The molecule has 20 heavy (non-hydrogen) atoms. The molecule has 1 aromatic rings. The van der Waals surface area contributed by atoms with Crippen LogP contribution in [0.15, 0.2) is 22.7 Å². The number of hydrogen-bond donors (Lipinski definition) is 1. The Kier molecular flexibility index (Phi) is 4.43. The summed E-state index contributed by atoms with van der Waals surface area (Å²) in [6, 6.07) is 5.24. The van der Waals surface area contributed by atoms with Gasteiger partial charge in [-0.05, 0) is 36.6 Å². The molecule has 1 N–H and O–H groups in total. The number of benzene rings is 1. The lowest BCUT2D eigenvalue weighted by Crippen LogP contribution is -2.61. The Hall–Kier alpha value is -0.450. The number of hydrogen-bond acceptors (Lipinski definition) is 2. The Labute approximate surface area is 128 Å².